The van der Waals surface area contributed by atoms with E-state index in [1.807, 2.05) is 0 Å². The third-order valence-corrected chi connectivity index (χ3v) is 7.64. The maximum atomic E-state index is 13.5. The number of aromatic nitrogens is 2. The zero-order valence-corrected chi connectivity index (χ0v) is 24.7. The first-order valence-electron chi connectivity index (χ1n) is 13.1. The maximum absolute atomic E-state index is 13.5. The highest BCUT2D eigenvalue weighted by atomic mass is 32.2. The highest BCUT2D eigenvalue weighted by Crippen LogP contribution is 2.42. The van der Waals surface area contributed by atoms with Crippen molar-refractivity contribution in [2.45, 2.75) is 56.0 Å². The van der Waals surface area contributed by atoms with Crippen LogP contribution in [0.15, 0.2) is 47.8 Å². The highest BCUT2D eigenvalue weighted by molar-refractivity contribution is 7.98. The van der Waals surface area contributed by atoms with Crippen molar-refractivity contribution in [1.82, 2.24) is 14.9 Å². The molecule has 2 atom stereocenters. The fourth-order valence-electron chi connectivity index (χ4n) is 4.78. The van der Waals surface area contributed by atoms with Crippen molar-refractivity contribution in [3.63, 3.8) is 0 Å². The molecular weight excluding hydrogens is 616 g/mol. The van der Waals surface area contributed by atoms with Crippen molar-refractivity contribution in [3.8, 4) is 16.9 Å². The molecule has 236 valence electrons. The normalized spacial score (nSPS) is 17.0. The van der Waals surface area contributed by atoms with Crippen LogP contribution in [0.4, 0.5) is 31.1 Å². The Bertz CT molecular complexity index is 1520. The number of aryl methyl sites for hydroxylation is 1. The molecule has 1 aliphatic heterocycles. The van der Waals surface area contributed by atoms with Crippen LogP contribution in [0.3, 0.4) is 0 Å². The summed E-state index contributed by atoms with van der Waals surface area (Å²) in [6, 6.07) is 5.41. The number of halogens is 6. The summed E-state index contributed by atoms with van der Waals surface area (Å²) in [5, 5.41) is 0.356. The van der Waals surface area contributed by atoms with Crippen molar-refractivity contribution in [2.24, 2.45) is 0 Å². The number of ether oxygens (including phenoxy) is 3. The van der Waals surface area contributed by atoms with Gasteiger partial charge in [0.05, 0.1) is 43.6 Å². The first-order valence-corrected chi connectivity index (χ1v) is 14.3. The third kappa shape index (κ3) is 7.20. The molecule has 2 aromatic carbocycles. The number of carbonyl (C=O) groups excluding carboxylic acids is 2. The highest BCUT2D eigenvalue weighted by Gasteiger charge is 2.43. The monoisotopic (exact) mass is 643 g/mol. The zero-order valence-electron chi connectivity index (χ0n) is 23.9. The van der Waals surface area contributed by atoms with Crippen molar-refractivity contribution >= 4 is 23.8 Å². The van der Waals surface area contributed by atoms with Crippen LogP contribution in [0.2, 0.25) is 0 Å². The molecule has 0 N–H and O–H groups in total. The van der Waals surface area contributed by atoms with Gasteiger partial charge in [-0.15, -0.1) is 0 Å². The average Bonchev–Trinajstić information content (AvgIpc) is 3.26. The number of cyclic esters (lactones) is 1. The molecule has 1 saturated heterocycles. The lowest BCUT2D eigenvalue weighted by Crippen LogP contribution is -2.32. The number of nitrogens with zero attached hydrogens (tertiary/aromatic N) is 3. The summed E-state index contributed by atoms with van der Waals surface area (Å²) in [4.78, 5) is 34.8. The van der Waals surface area contributed by atoms with Crippen molar-refractivity contribution in [1.29, 1.82) is 0 Å². The predicted molar refractivity (Wildman–Crippen MR) is 147 cm³/mol. The molecule has 1 amide bonds. The second-order valence-corrected chi connectivity index (χ2v) is 10.6. The number of methoxy groups -OCH3 is 2. The van der Waals surface area contributed by atoms with Gasteiger partial charge in [0, 0.05) is 23.7 Å². The first kappa shape index (κ1) is 32.9. The Labute approximate surface area is 252 Å². The number of thioether (sulfide) groups is 1. The maximum Gasteiger partial charge on any atom is 0.416 e. The molecule has 1 aromatic heterocycles. The standard InChI is InChI=1S/C29H27F6N3O5S/c1-15-25(17-10-18(28(30,31)32)12-19(11-17)29(33,34)35)43-27(40)38(15)14-22-21(13-36-26(37-22)44-4)20-9-16(5-7-23(20)41-2)6-8-24(39)42-3/h5,7,9-13,15,25H,6,8,14H2,1-4H3/t15-,25-/m0/s1. The molecule has 8 nitrogen and oxygen atoms in total. The Hall–Kier alpha value is -4.01. The van der Waals surface area contributed by atoms with E-state index in [4.69, 9.17) is 14.2 Å². The fourth-order valence-corrected chi connectivity index (χ4v) is 5.14. The third-order valence-electron chi connectivity index (χ3n) is 7.08. The molecule has 2 heterocycles. The average molecular weight is 644 g/mol. The van der Waals surface area contributed by atoms with E-state index < -0.39 is 53.3 Å². The van der Waals surface area contributed by atoms with Gasteiger partial charge in [0.2, 0.25) is 0 Å². The quantitative estimate of drug-likeness (QED) is 0.106. The van der Waals surface area contributed by atoms with E-state index in [0.717, 1.165) is 5.56 Å². The van der Waals surface area contributed by atoms with E-state index >= 15 is 0 Å². The van der Waals surface area contributed by atoms with E-state index in [1.54, 1.807) is 24.5 Å². The second kappa shape index (κ2) is 12.9. The lowest BCUT2D eigenvalue weighted by Gasteiger charge is -2.23. The van der Waals surface area contributed by atoms with Gasteiger partial charge >= 0.3 is 24.4 Å². The number of hydrogen-bond acceptors (Lipinski definition) is 8. The minimum atomic E-state index is -5.06. The summed E-state index contributed by atoms with van der Waals surface area (Å²) in [5.74, 6) is 0.0436. The Morgan fingerprint density at radius 2 is 1.68 bits per heavy atom. The van der Waals surface area contributed by atoms with Gasteiger partial charge in [-0.2, -0.15) is 26.3 Å². The Balaban J connectivity index is 1.72. The number of alkyl halides is 6. The lowest BCUT2D eigenvalue weighted by atomic mass is 9.97. The summed E-state index contributed by atoms with van der Waals surface area (Å²) in [5.41, 5.74) is -1.36. The van der Waals surface area contributed by atoms with Crippen LogP contribution in [0, 0.1) is 0 Å². The first-order chi connectivity index (χ1) is 20.7. The van der Waals surface area contributed by atoms with Gasteiger partial charge in [0.15, 0.2) is 5.16 Å². The molecule has 15 heteroatoms. The number of benzene rings is 2. The molecule has 0 unspecified atom stereocenters. The van der Waals surface area contributed by atoms with Gasteiger partial charge in [-0.3, -0.25) is 9.69 Å². The molecule has 0 bridgehead atoms. The van der Waals surface area contributed by atoms with Crippen molar-refractivity contribution < 1.29 is 50.1 Å². The summed E-state index contributed by atoms with van der Waals surface area (Å²) < 4.78 is 96.6. The van der Waals surface area contributed by atoms with Crippen LogP contribution in [0.25, 0.3) is 11.1 Å². The number of esters is 1. The summed E-state index contributed by atoms with van der Waals surface area (Å²) in [6.45, 7) is 1.26. The lowest BCUT2D eigenvalue weighted by molar-refractivity contribution is -0.143. The molecule has 1 aliphatic rings. The van der Waals surface area contributed by atoms with Crippen molar-refractivity contribution in [2.75, 3.05) is 20.5 Å². The molecular formula is C29H27F6N3O5S. The molecule has 1 fully saturated rings. The summed E-state index contributed by atoms with van der Waals surface area (Å²) in [7, 11) is 2.74. The molecule has 0 spiro atoms. The summed E-state index contributed by atoms with van der Waals surface area (Å²) >= 11 is 1.23. The molecule has 4 rings (SSSR count). The van der Waals surface area contributed by atoms with Crippen LogP contribution >= 0.6 is 11.8 Å². The minimum Gasteiger partial charge on any atom is -0.496 e. The van der Waals surface area contributed by atoms with E-state index in [9.17, 15) is 35.9 Å². The van der Waals surface area contributed by atoms with Crippen LogP contribution in [0.1, 0.15) is 47.4 Å². The minimum absolute atomic E-state index is 0.0203. The van der Waals surface area contributed by atoms with Crippen molar-refractivity contribution in [3.05, 3.63) is 70.5 Å². The van der Waals surface area contributed by atoms with Gasteiger partial charge in [-0.1, -0.05) is 17.8 Å². The Kier molecular flexibility index (Phi) is 9.66. The smallest absolute Gasteiger partial charge is 0.416 e. The van der Waals surface area contributed by atoms with E-state index in [1.165, 1.54) is 44.0 Å². The molecule has 44 heavy (non-hydrogen) atoms. The molecule has 0 radical (unpaired) electrons. The zero-order chi connectivity index (χ0) is 32.4. The van der Waals surface area contributed by atoms with Crippen LogP contribution in [-0.2, 0) is 39.6 Å². The predicted octanol–water partition coefficient (Wildman–Crippen LogP) is 7.10. The van der Waals surface area contributed by atoms with Gasteiger partial charge in [0.1, 0.15) is 11.9 Å². The fraction of sp³-hybridized carbons (Fsp3) is 0.379. The Morgan fingerprint density at radius 1 is 1.02 bits per heavy atom. The number of rotatable bonds is 9. The topological polar surface area (TPSA) is 90.9 Å². The molecule has 0 aliphatic carbocycles. The number of hydrogen-bond donors (Lipinski definition) is 0. The van der Waals surface area contributed by atoms with Gasteiger partial charge in [0.25, 0.3) is 0 Å². The largest absolute Gasteiger partial charge is 0.496 e. The van der Waals surface area contributed by atoms with Gasteiger partial charge in [-0.25, -0.2) is 14.8 Å². The van der Waals surface area contributed by atoms with Gasteiger partial charge < -0.3 is 14.2 Å². The van der Waals surface area contributed by atoms with Gasteiger partial charge in [-0.05, 0) is 61.1 Å². The van der Waals surface area contributed by atoms with Crippen LogP contribution in [0.5, 0.6) is 5.75 Å². The van der Waals surface area contributed by atoms with E-state index in [0.29, 0.717) is 46.3 Å². The second-order valence-electron chi connectivity index (χ2n) is 9.84. The van der Waals surface area contributed by atoms with E-state index in [2.05, 4.69) is 9.97 Å². The molecule has 3 aromatic rings. The van der Waals surface area contributed by atoms with E-state index in [-0.39, 0.29) is 19.0 Å². The summed E-state index contributed by atoms with van der Waals surface area (Å²) in [6.07, 6.45) is -8.73. The Morgan fingerprint density at radius 3 is 2.25 bits per heavy atom. The molecule has 0 saturated carbocycles. The number of carbonyl (C=O) groups is 2. The number of amides is 1. The SMILES string of the molecule is COC(=O)CCc1ccc(OC)c(-c2cnc(SC)nc2CN2C(=O)O[C@H](c3cc(C(F)(F)F)cc(C(F)(F)F)c3)[C@@H]2C)c1. The van der Waals surface area contributed by atoms with Crippen LogP contribution < -0.4 is 4.74 Å². The van der Waals surface area contributed by atoms with Crippen LogP contribution in [-0.4, -0.2) is 53.4 Å².